The molecule has 1 atom stereocenters. The average molecular weight is 552 g/mol. The number of benzene rings is 4. The van der Waals surface area contributed by atoms with Gasteiger partial charge in [0.2, 0.25) is 0 Å². The highest BCUT2D eigenvalue weighted by molar-refractivity contribution is 7.07. The number of rotatable bonds is 11. The van der Waals surface area contributed by atoms with Crippen molar-refractivity contribution in [3.8, 4) is 22.4 Å². The van der Waals surface area contributed by atoms with Crippen molar-refractivity contribution in [2.75, 3.05) is 14.2 Å². The van der Waals surface area contributed by atoms with Crippen molar-refractivity contribution in [1.82, 2.24) is 14.7 Å². The van der Waals surface area contributed by atoms with Crippen molar-refractivity contribution in [2.45, 2.75) is 18.9 Å². The molecule has 1 N–H and O–H groups in total. The molecule has 1 aromatic heterocycles. The lowest BCUT2D eigenvalue weighted by atomic mass is 9.98. The van der Waals surface area contributed by atoms with Gasteiger partial charge in [-0.15, -0.1) is 0 Å². The predicted octanol–water partition coefficient (Wildman–Crippen LogP) is 6.65. The largest absolute Gasteiger partial charge is 0.497 e. The van der Waals surface area contributed by atoms with E-state index in [1.165, 1.54) is 0 Å². The van der Waals surface area contributed by atoms with Crippen LogP contribution >= 0.6 is 11.5 Å². The van der Waals surface area contributed by atoms with Gasteiger partial charge in [0.25, 0.3) is 11.1 Å². The maximum absolute atomic E-state index is 13.3. The molecule has 202 valence electrons. The molecule has 0 aliphatic carbocycles. The Bertz CT molecular complexity index is 1560. The first-order valence-electron chi connectivity index (χ1n) is 12.8. The third-order valence-corrected chi connectivity index (χ3v) is 6.99. The highest BCUT2D eigenvalue weighted by Gasteiger charge is 2.19. The molecule has 40 heavy (non-hydrogen) atoms. The Morgan fingerprint density at radius 3 is 2.33 bits per heavy atom. The maximum atomic E-state index is 13.3. The number of ether oxygens (including phenoxy) is 3. The Hall–Kier alpha value is -4.69. The van der Waals surface area contributed by atoms with Crippen LogP contribution in [0.1, 0.15) is 38.9 Å². The van der Waals surface area contributed by atoms with Crippen molar-refractivity contribution in [2.24, 2.45) is 0 Å². The maximum Gasteiger partial charge on any atom is 0.298 e. The lowest BCUT2D eigenvalue weighted by molar-refractivity contribution is 0.0936. The summed E-state index contributed by atoms with van der Waals surface area (Å²) >= 11 is 1.16. The number of amides is 1. The summed E-state index contributed by atoms with van der Waals surface area (Å²) in [6.07, 6.45) is 1.23. The zero-order valence-electron chi connectivity index (χ0n) is 22.2. The van der Waals surface area contributed by atoms with Gasteiger partial charge in [-0.1, -0.05) is 72.8 Å². The highest BCUT2D eigenvalue weighted by atomic mass is 32.1. The van der Waals surface area contributed by atoms with E-state index in [0.29, 0.717) is 40.9 Å². The first-order chi connectivity index (χ1) is 19.6. The van der Waals surface area contributed by atoms with Crippen molar-refractivity contribution >= 4 is 17.4 Å². The molecular formula is C32H29N3O4S. The van der Waals surface area contributed by atoms with E-state index < -0.39 is 0 Å². The predicted molar refractivity (Wildman–Crippen MR) is 156 cm³/mol. The summed E-state index contributed by atoms with van der Waals surface area (Å²) in [4.78, 5) is 17.9. The Balaban J connectivity index is 1.29. The molecule has 1 amide bonds. The minimum atomic E-state index is -0.203. The molecule has 8 heteroatoms. The second-order valence-corrected chi connectivity index (χ2v) is 9.81. The van der Waals surface area contributed by atoms with E-state index in [4.69, 9.17) is 14.2 Å². The number of carbonyl (C=O) groups is 1. The minimum absolute atomic E-state index is 0.192. The molecule has 5 rings (SSSR count). The van der Waals surface area contributed by atoms with Gasteiger partial charge in [-0.3, -0.25) is 4.79 Å². The third kappa shape index (κ3) is 6.84. The molecule has 0 fully saturated rings. The molecule has 0 radical (unpaired) electrons. The Morgan fingerprint density at radius 2 is 1.57 bits per heavy atom. The van der Waals surface area contributed by atoms with Crippen LogP contribution in [0.2, 0.25) is 0 Å². The minimum Gasteiger partial charge on any atom is -0.497 e. The van der Waals surface area contributed by atoms with Gasteiger partial charge in [-0.25, -0.2) is 0 Å². The van der Waals surface area contributed by atoms with Crippen LogP contribution in [0, 0.1) is 0 Å². The number of nitrogens with zero attached hydrogens (tertiary/aromatic N) is 2. The van der Waals surface area contributed by atoms with E-state index in [9.17, 15) is 4.79 Å². The van der Waals surface area contributed by atoms with Crippen LogP contribution in [0.5, 0.6) is 22.4 Å². The average Bonchev–Trinajstić information content (AvgIpc) is 3.44. The van der Waals surface area contributed by atoms with E-state index in [0.717, 1.165) is 34.0 Å². The number of hydrogen-bond acceptors (Lipinski definition) is 7. The standard InChI is InChI=1S/C32H29N3O4S/c1-37-26-15-9-12-23(18-26)20-30-34-32(40-35-30)39-28-17-16-25(21-29(28)38-2)31(36)33-27(24-13-7-4-8-14-24)19-22-10-5-3-6-11-22/h3-18,21,27H,19-20H2,1-2H3,(H,33,36). The highest BCUT2D eigenvalue weighted by Crippen LogP contribution is 2.33. The summed E-state index contributed by atoms with van der Waals surface area (Å²) in [7, 11) is 3.18. The lowest BCUT2D eigenvalue weighted by Gasteiger charge is -2.20. The summed E-state index contributed by atoms with van der Waals surface area (Å²) in [6.45, 7) is 0. The molecule has 1 heterocycles. The summed E-state index contributed by atoms with van der Waals surface area (Å²) < 4.78 is 21.3. The van der Waals surface area contributed by atoms with Crippen LogP contribution in [-0.2, 0) is 12.8 Å². The molecule has 7 nitrogen and oxygen atoms in total. The van der Waals surface area contributed by atoms with Crippen LogP contribution in [0.3, 0.4) is 0 Å². The molecule has 0 bridgehead atoms. The summed E-state index contributed by atoms with van der Waals surface area (Å²) in [5, 5.41) is 3.58. The van der Waals surface area contributed by atoms with Crippen LogP contribution in [0.15, 0.2) is 103 Å². The summed E-state index contributed by atoms with van der Waals surface area (Å²) in [5.41, 5.74) is 3.68. The number of aromatic nitrogens is 2. The first kappa shape index (κ1) is 26.9. The number of carbonyl (C=O) groups excluding carboxylic acids is 1. The van der Waals surface area contributed by atoms with Gasteiger partial charge in [0.05, 0.1) is 20.3 Å². The lowest BCUT2D eigenvalue weighted by Crippen LogP contribution is -2.30. The van der Waals surface area contributed by atoms with Crippen molar-refractivity contribution < 1.29 is 19.0 Å². The van der Waals surface area contributed by atoms with Gasteiger partial charge in [-0.05, 0) is 53.4 Å². The van der Waals surface area contributed by atoms with Gasteiger partial charge in [0.1, 0.15) is 5.75 Å². The van der Waals surface area contributed by atoms with Gasteiger partial charge < -0.3 is 19.5 Å². The number of hydrogen-bond donors (Lipinski definition) is 1. The topological polar surface area (TPSA) is 82.6 Å². The molecule has 0 saturated carbocycles. The summed E-state index contributed by atoms with van der Waals surface area (Å²) in [6, 6.07) is 32.8. The van der Waals surface area contributed by atoms with Crippen molar-refractivity contribution in [3.05, 3.63) is 131 Å². The molecular weight excluding hydrogens is 522 g/mol. The smallest absolute Gasteiger partial charge is 0.298 e. The monoisotopic (exact) mass is 551 g/mol. The fourth-order valence-electron chi connectivity index (χ4n) is 4.33. The van der Waals surface area contributed by atoms with Gasteiger partial charge in [-0.2, -0.15) is 9.36 Å². The second-order valence-electron chi connectivity index (χ2n) is 9.10. The van der Waals surface area contributed by atoms with E-state index in [2.05, 4.69) is 26.8 Å². The van der Waals surface area contributed by atoms with Gasteiger partial charge in [0.15, 0.2) is 17.3 Å². The molecule has 1 unspecified atom stereocenters. The van der Waals surface area contributed by atoms with E-state index >= 15 is 0 Å². The number of methoxy groups -OCH3 is 2. The molecule has 0 aliphatic heterocycles. The Morgan fingerprint density at radius 1 is 0.825 bits per heavy atom. The second kappa shape index (κ2) is 12.9. The molecule has 0 aliphatic rings. The van der Waals surface area contributed by atoms with Gasteiger partial charge in [0, 0.05) is 23.5 Å². The molecule has 0 spiro atoms. The SMILES string of the molecule is COc1cccc(Cc2nsc(Oc3ccc(C(=O)NC(Cc4ccccc4)c4ccccc4)cc3OC)n2)c1. The molecule has 5 aromatic rings. The zero-order valence-corrected chi connectivity index (χ0v) is 23.1. The first-order valence-corrected chi connectivity index (χ1v) is 13.6. The fraction of sp³-hybridized carbons (Fsp3) is 0.156. The molecule has 4 aromatic carbocycles. The summed E-state index contributed by atoms with van der Waals surface area (Å²) in [5.74, 6) is 2.11. The van der Waals surface area contributed by atoms with E-state index in [1.807, 2.05) is 72.8 Å². The van der Waals surface area contributed by atoms with Crippen molar-refractivity contribution in [3.63, 3.8) is 0 Å². The molecule has 0 saturated heterocycles. The zero-order chi connectivity index (χ0) is 27.7. The Labute approximate surface area is 237 Å². The van der Waals surface area contributed by atoms with Crippen LogP contribution in [-0.4, -0.2) is 29.5 Å². The van der Waals surface area contributed by atoms with E-state index in [1.54, 1.807) is 32.4 Å². The van der Waals surface area contributed by atoms with Gasteiger partial charge >= 0.3 is 0 Å². The third-order valence-electron chi connectivity index (χ3n) is 6.36. The van der Waals surface area contributed by atoms with E-state index in [-0.39, 0.29) is 11.9 Å². The number of nitrogens with one attached hydrogen (secondary N) is 1. The van der Waals surface area contributed by atoms with Crippen LogP contribution in [0.25, 0.3) is 0 Å². The van der Waals surface area contributed by atoms with Crippen molar-refractivity contribution in [1.29, 1.82) is 0 Å². The van der Waals surface area contributed by atoms with Crippen LogP contribution < -0.4 is 19.5 Å². The Kier molecular flexibility index (Phi) is 8.68. The normalized spacial score (nSPS) is 11.4. The quantitative estimate of drug-likeness (QED) is 0.198. The fourth-order valence-corrected chi connectivity index (χ4v) is 4.89. The van der Waals surface area contributed by atoms with Crippen LogP contribution in [0.4, 0.5) is 0 Å².